The number of piperazine rings is 1. The molecule has 2 amide bonds. The number of fused-ring (bicyclic) bond motifs is 2. The molecule has 6 aromatic rings. The number of benzene rings is 4. The molecule has 9 rings (SSSR count). The number of carbonyl (C=O) groups excluding carboxylic acids is 2. The highest BCUT2D eigenvalue weighted by molar-refractivity contribution is 6.36. The Morgan fingerprint density at radius 1 is 0.987 bits per heavy atom. The SMILES string of the molecule is C=C(F)C(=O)N1CCN(c2nc(OC[C@@H]3CCCN3CCCOC=CC(=O)NCc3ccc(-n4c(O)nnc4-c4cc(C(C)C)c(O)cc4O)cc3)nc3c2CCN(c2cccc4cccc(Cl)c24)C3)C[C@@H]1CC#N. The number of anilines is 2. The number of hydrogen-bond donors (Lipinski definition) is 4. The number of carbonyl (C=O) groups is 2. The van der Waals surface area contributed by atoms with E-state index in [1.165, 1.54) is 27.9 Å². The molecule has 2 aromatic heterocycles. The summed E-state index contributed by atoms with van der Waals surface area (Å²) in [6.07, 6.45) is 6.02. The van der Waals surface area contributed by atoms with E-state index >= 15 is 0 Å². The predicted octanol–water partition coefficient (Wildman–Crippen LogP) is 7.83. The average Bonchev–Trinajstić information content (AvgIpc) is 4.03. The third-order valence-electron chi connectivity index (χ3n) is 14.0. The Kier molecular flexibility index (Phi) is 16.0. The first kappa shape index (κ1) is 51.9. The Labute approximate surface area is 438 Å². The lowest BCUT2D eigenvalue weighted by molar-refractivity contribution is -0.131. The molecule has 3 aliphatic rings. The van der Waals surface area contributed by atoms with Crippen LogP contribution in [0.1, 0.15) is 67.8 Å². The number of phenolic OH excluding ortho intramolecular Hbond substituents is 2. The van der Waals surface area contributed by atoms with Crippen molar-refractivity contribution in [3.05, 3.63) is 125 Å². The van der Waals surface area contributed by atoms with Crippen molar-refractivity contribution in [2.45, 2.75) is 77.0 Å². The lowest BCUT2D eigenvalue weighted by atomic mass is 9.98. The third-order valence-corrected chi connectivity index (χ3v) is 14.4. The standard InChI is InChI=1S/C55H59ClFN11O7/c1-34(2)42-28-43(48(70)29-47(42)69)52-62-63-55(73)68(52)38-15-13-36(14-16-38)30-59-49(71)19-27-74-26-7-22-64-21-6-10-40(64)33-75-54-60-45-32-65(46-12-5-9-37-8-4-11-44(56)50(37)46)23-18-41(45)51(61-54)66-24-25-67(53(72)35(3)57)39(31-66)17-20-58/h4-5,8-9,11-16,19,27-29,34,39-40,69-70H,3,6-7,10,17-18,21-26,30-33H2,1-2H3,(H,59,71)(H,63,73)/t39-,40-/m0/s1. The van der Waals surface area contributed by atoms with Gasteiger partial charge in [0.05, 0.1) is 59.9 Å². The Morgan fingerprint density at radius 2 is 1.79 bits per heavy atom. The van der Waals surface area contributed by atoms with E-state index in [1.54, 1.807) is 30.3 Å². The molecule has 75 heavy (non-hydrogen) atoms. The van der Waals surface area contributed by atoms with E-state index in [2.05, 4.69) is 48.9 Å². The zero-order chi connectivity index (χ0) is 52.8. The second kappa shape index (κ2) is 23.1. The second-order valence-electron chi connectivity index (χ2n) is 19.2. The summed E-state index contributed by atoms with van der Waals surface area (Å²) in [5, 5.41) is 54.7. The minimum atomic E-state index is -1.06. The molecular weight excluding hydrogens is 981 g/mol. The molecule has 2 saturated heterocycles. The summed E-state index contributed by atoms with van der Waals surface area (Å²) in [5.74, 6) is -1.60. The van der Waals surface area contributed by atoms with Crippen LogP contribution in [0, 0.1) is 11.3 Å². The predicted molar refractivity (Wildman–Crippen MR) is 281 cm³/mol. The minimum Gasteiger partial charge on any atom is -0.508 e. The Hall–Kier alpha value is -7.95. The van der Waals surface area contributed by atoms with E-state index in [0.717, 1.165) is 59.2 Å². The van der Waals surface area contributed by atoms with Crippen molar-refractivity contribution in [1.29, 1.82) is 5.26 Å². The van der Waals surface area contributed by atoms with Crippen molar-refractivity contribution >= 4 is 45.7 Å². The molecule has 20 heteroatoms. The van der Waals surface area contributed by atoms with Gasteiger partial charge in [-0.3, -0.25) is 14.5 Å². The number of nitrogens with one attached hydrogen (secondary N) is 1. The maximum atomic E-state index is 14.1. The van der Waals surface area contributed by atoms with Crippen LogP contribution in [-0.4, -0.2) is 126 Å². The van der Waals surface area contributed by atoms with Crippen LogP contribution in [0.15, 0.2) is 97.5 Å². The number of aromatic hydroxyl groups is 3. The van der Waals surface area contributed by atoms with E-state index in [-0.39, 0.29) is 73.3 Å². The molecule has 2 atom stereocenters. The smallest absolute Gasteiger partial charge is 0.319 e. The fourth-order valence-electron chi connectivity index (χ4n) is 10.2. The highest BCUT2D eigenvalue weighted by Crippen LogP contribution is 2.40. The zero-order valence-electron chi connectivity index (χ0n) is 41.8. The fourth-order valence-corrected chi connectivity index (χ4v) is 10.5. The number of likely N-dealkylation sites (tertiary alicyclic amines) is 1. The van der Waals surface area contributed by atoms with Crippen LogP contribution in [-0.2, 0) is 33.8 Å². The molecule has 0 bridgehead atoms. The van der Waals surface area contributed by atoms with Gasteiger partial charge < -0.3 is 44.8 Å². The fraction of sp³-hybridized carbons (Fsp3) is 0.364. The van der Waals surface area contributed by atoms with Gasteiger partial charge in [-0.15, -0.1) is 5.10 Å². The number of halogens is 2. The molecule has 3 aliphatic heterocycles. The van der Waals surface area contributed by atoms with Gasteiger partial charge in [0.1, 0.15) is 23.9 Å². The number of phenols is 2. The van der Waals surface area contributed by atoms with Gasteiger partial charge in [0.2, 0.25) is 5.91 Å². The monoisotopic (exact) mass is 1040 g/mol. The molecule has 4 N–H and O–H groups in total. The van der Waals surface area contributed by atoms with Gasteiger partial charge in [0, 0.05) is 74.1 Å². The molecule has 4 aromatic carbocycles. The maximum absolute atomic E-state index is 14.1. The summed E-state index contributed by atoms with van der Waals surface area (Å²) in [7, 11) is 0. The lowest BCUT2D eigenvalue weighted by Crippen LogP contribution is -2.55. The number of amides is 2. The van der Waals surface area contributed by atoms with Gasteiger partial charge in [-0.05, 0) is 85.0 Å². The van der Waals surface area contributed by atoms with Crippen molar-refractivity contribution in [2.24, 2.45) is 0 Å². The number of nitrogens with zero attached hydrogens (tertiary/aromatic N) is 10. The summed E-state index contributed by atoms with van der Waals surface area (Å²) in [4.78, 5) is 43.6. The van der Waals surface area contributed by atoms with Crippen molar-refractivity contribution in [2.75, 3.05) is 62.3 Å². The zero-order valence-corrected chi connectivity index (χ0v) is 42.6. The second-order valence-corrected chi connectivity index (χ2v) is 19.6. The minimum absolute atomic E-state index is 0.0224. The molecular formula is C55H59ClFN11O7. The van der Waals surface area contributed by atoms with Crippen LogP contribution in [0.5, 0.6) is 23.5 Å². The van der Waals surface area contributed by atoms with Crippen LogP contribution in [0.25, 0.3) is 27.8 Å². The average molecular weight is 1040 g/mol. The van der Waals surface area contributed by atoms with Crippen molar-refractivity contribution in [3.8, 4) is 46.7 Å². The summed E-state index contributed by atoms with van der Waals surface area (Å²) in [6, 6.07) is 23.5. The number of hydrogen-bond acceptors (Lipinski definition) is 15. The molecule has 390 valence electrons. The van der Waals surface area contributed by atoms with Gasteiger partial charge in [0.25, 0.3) is 5.91 Å². The first-order valence-corrected chi connectivity index (χ1v) is 25.5. The van der Waals surface area contributed by atoms with Gasteiger partial charge in [0.15, 0.2) is 11.7 Å². The summed E-state index contributed by atoms with van der Waals surface area (Å²) < 4.78 is 27.7. The molecule has 5 heterocycles. The molecule has 2 fully saturated rings. The Bertz CT molecular complexity index is 3160. The number of aromatic nitrogens is 5. The van der Waals surface area contributed by atoms with Gasteiger partial charge in [-0.2, -0.15) is 15.2 Å². The highest BCUT2D eigenvalue weighted by Gasteiger charge is 2.35. The van der Waals surface area contributed by atoms with E-state index < -0.39 is 17.8 Å². The molecule has 18 nitrogen and oxygen atoms in total. The highest BCUT2D eigenvalue weighted by atomic mass is 35.5. The first-order valence-electron chi connectivity index (χ1n) is 25.1. The van der Waals surface area contributed by atoms with Gasteiger partial charge in [-0.25, -0.2) is 8.96 Å². The Morgan fingerprint density at radius 3 is 2.56 bits per heavy atom. The van der Waals surface area contributed by atoms with Crippen LogP contribution in [0.3, 0.4) is 0 Å². The summed E-state index contributed by atoms with van der Waals surface area (Å²) in [6.45, 7) is 11.7. The summed E-state index contributed by atoms with van der Waals surface area (Å²) in [5.41, 5.74) is 5.00. The van der Waals surface area contributed by atoms with Gasteiger partial charge in [-0.1, -0.05) is 73.5 Å². The van der Waals surface area contributed by atoms with E-state index in [9.17, 15) is 34.6 Å². The largest absolute Gasteiger partial charge is 0.508 e. The summed E-state index contributed by atoms with van der Waals surface area (Å²) >= 11 is 6.78. The van der Waals surface area contributed by atoms with Crippen LogP contribution >= 0.6 is 11.6 Å². The molecule has 0 unspecified atom stereocenters. The normalized spacial score (nSPS) is 16.9. The van der Waals surface area contributed by atoms with E-state index in [1.807, 2.05) is 44.2 Å². The molecule has 0 aliphatic carbocycles. The van der Waals surface area contributed by atoms with Crippen LogP contribution < -0.4 is 19.9 Å². The van der Waals surface area contributed by atoms with Crippen molar-refractivity contribution in [1.82, 2.24) is 39.8 Å². The van der Waals surface area contributed by atoms with E-state index in [0.29, 0.717) is 73.3 Å². The topological polar surface area (TPSA) is 219 Å². The van der Waals surface area contributed by atoms with Gasteiger partial charge >= 0.3 is 12.0 Å². The maximum Gasteiger partial charge on any atom is 0.319 e. The van der Waals surface area contributed by atoms with Crippen LogP contribution in [0.2, 0.25) is 5.02 Å². The molecule has 0 saturated carbocycles. The lowest BCUT2D eigenvalue weighted by Gasteiger charge is -2.42. The van der Waals surface area contributed by atoms with Crippen LogP contribution in [0.4, 0.5) is 15.9 Å². The third kappa shape index (κ3) is 11.6. The molecule has 0 radical (unpaired) electrons. The number of rotatable bonds is 18. The first-order chi connectivity index (χ1) is 36.3. The van der Waals surface area contributed by atoms with Crippen molar-refractivity contribution in [3.63, 3.8) is 0 Å². The number of ether oxygens (including phenoxy) is 2. The number of nitriles is 1. The molecule has 0 spiro atoms. The Balaban J connectivity index is 0.789. The van der Waals surface area contributed by atoms with Crippen molar-refractivity contribution < 1.29 is 38.8 Å². The van der Waals surface area contributed by atoms with E-state index in [4.69, 9.17) is 31.0 Å². The quantitative estimate of drug-likeness (QED) is 0.0366.